The SMILES string of the molecule is CC(=Cc1ccccc1)CN1CCN(c2ccc([N+](=O)[O-])cc2)CC1. The van der Waals surface area contributed by atoms with Crippen molar-refractivity contribution in [1.29, 1.82) is 0 Å². The highest BCUT2D eigenvalue weighted by atomic mass is 16.6. The van der Waals surface area contributed by atoms with Crippen molar-refractivity contribution in [3.05, 3.63) is 75.8 Å². The maximum Gasteiger partial charge on any atom is 0.269 e. The average Bonchev–Trinajstić information content (AvgIpc) is 2.63. The van der Waals surface area contributed by atoms with Crippen LogP contribution in [0.4, 0.5) is 11.4 Å². The van der Waals surface area contributed by atoms with Crippen LogP contribution < -0.4 is 4.90 Å². The number of nitro groups is 1. The highest BCUT2D eigenvalue weighted by molar-refractivity contribution is 5.53. The first-order valence-corrected chi connectivity index (χ1v) is 8.56. The topological polar surface area (TPSA) is 49.6 Å². The molecule has 1 fully saturated rings. The molecule has 1 heterocycles. The minimum absolute atomic E-state index is 0.143. The minimum atomic E-state index is -0.358. The molecular weight excluding hydrogens is 314 g/mol. The Labute approximate surface area is 148 Å². The summed E-state index contributed by atoms with van der Waals surface area (Å²) in [5.74, 6) is 0. The van der Waals surface area contributed by atoms with Gasteiger partial charge in [-0.3, -0.25) is 15.0 Å². The Morgan fingerprint density at radius 2 is 1.68 bits per heavy atom. The van der Waals surface area contributed by atoms with Gasteiger partial charge in [-0.15, -0.1) is 0 Å². The van der Waals surface area contributed by atoms with Crippen LogP contribution in [0.15, 0.2) is 60.2 Å². The maximum absolute atomic E-state index is 10.7. The van der Waals surface area contributed by atoms with Gasteiger partial charge in [0, 0.05) is 50.5 Å². The molecule has 25 heavy (non-hydrogen) atoms. The van der Waals surface area contributed by atoms with E-state index in [9.17, 15) is 10.1 Å². The smallest absolute Gasteiger partial charge is 0.269 e. The molecule has 5 heteroatoms. The van der Waals surface area contributed by atoms with Crippen molar-refractivity contribution < 1.29 is 4.92 Å². The summed E-state index contributed by atoms with van der Waals surface area (Å²) in [4.78, 5) is 15.1. The number of nitrogens with zero attached hydrogens (tertiary/aromatic N) is 3. The lowest BCUT2D eigenvalue weighted by Gasteiger charge is -2.36. The largest absolute Gasteiger partial charge is 0.369 e. The lowest BCUT2D eigenvalue weighted by Crippen LogP contribution is -2.46. The number of piperazine rings is 1. The van der Waals surface area contributed by atoms with E-state index in [0.717, 1.165) is 38.4 Å². The van der Waals surface area contributed by atoms with E-state index in [4.69, 9.17) is 0 Å². The molecule has 0 unspecified atom stereocenters. The normalized spacial score (nSPS) is 16.0. The van der Waals surface area contributed by atoms with Crippen LogP contribution in [0.1, 0.15) is 12.5 Å². The predicted octanol–water partition coefficient (Wildman–Crippen LogP) is 3.82. The van der Waals surface area contributed by atoms with Gasteiger partial charge in [-0.1, -0.05) is 42.0 Å². The number of hydrogen-bond acceptors (Lipinski definition) is 4. The highest BCUT2D eigenvalue weighted by Crippen LogP contribution is 2.21. The third-order valence-corrected chi connectivity index (χ3v) is 4.48. The van der Waals surface area contributed by atoms with E-state index in [1.165, 1.54) is 11.1 Å². The standard InChI is InChI=1S/C20H23N3O2/c1-17(15-18-5-3-2-4-6-18)16-21-11-13-22(14-12-21)19-7-9-20(10-8-19)23(24)25/h2-10,15H,11-14,16H2,1H3. The number of nitro benzene ring substituents is 1. The lowest BCUT2D eigenvalue weighted by atomic mass is 10.1. The molecule has 1 aliphatic rings. The van der Waals surface area contributed by atoms with Gasteiger partial charge < -0.3 is 4.90 Å². The summed E-state index contributed by atoms with van der Waals surface area (Å²) in [6, 6.07) is 17.2. The second-order valence-electron chi connectivity index (χ2n) is 6.44. The zero-order valence-corrected chi connectivity index (χ0v) is 14.5. The van der Waals surface area contributed by atoms with Gasteiger partial charge in [-0.2, -0.15) is 0 Å². The summed E-state index contributed by atoms with van der Waals surface area (Å²) >= 11 is 0. The second kappa shape index (κ2) is 7.94. The summed E-state index contributed by atoms with van der Waals surface area (Å²) < 4.78 is 0. The molecule has 1 aliphatic heterocycles. The van der Waals surface area contributed by atoms with Crippen LogP contribution in [0.5, 0.6) is 0 Å². The van der Waals surface area contributed by atoms with E-state index in [2.05, 4.69) is 47.1 Å². The molecule has 5 nitrogen and oxygen atoms in total. The first-order valence-electron chi connectivity index (χ1n) is 8.56. The van der Waals surface area contributed by atoms with Crippen LogP contribution in [-0.4, -0.2) is 42.5 Å². The number of non-ortho nitro benzene ring substituents is 1. The maximum atomic E-state index is 10.7. The molecule has 0 spiro atoms. The van der Waals surface area contributed by atoms with Crippen molar-refractivity contribution in [1.82, 2.24) is 4.90 Å². The molecule has 0 atom stereocenters. The Bertz CT molecular complexity index is 733. The average molecular weight is 337 g/mol. The lowest BCUT2D eigenvalue weighted by molar-refractivity contribution is -0.384. The van der Waals surface area contributed by atoms with Gasteiger partial charge in [-0.25, -0.2) is 0 Å². The van der Waals surface area contributed by atoms with Crippen molar-refractivity contribution in [2.24, 2.45) is 0 Å². The van der Waals surface area contributed by atoms with Crippen molar-refractivity contribution >= 4 is 17.5 Å². The van der Waals surface area contributed by atoms with Crippen molar-refractivity contribution in [2.75, 3.05) is 37.6 Å². The van der Waals surface area contributed by atoms with Gasteiger partial charge >= 0.3 is 0 Å². The first kappa shape index (κ1) is 17.2. The van der Waals surface area contributed by atoms with Gasteiger partial charge in [-0.05, 0) is 24.6 Å². The molecule has 0 amide bonds. The Morgan fingerprint density at radius 3 is 2.28 bits per heavy atom. The van der Waals surface area contributed by atoms with Gasteiger partial charge in [0.15, 0.2) is 0 Å². The van der Waals surface area contributed by atoms with E-state index in [1.54, 1.807) is 12.1 Å². The summed E-state index contributed by atoms with van der Waals surface area (Å²) in [6.45, 7) is 7.03. The highest BCUT2D eigenvalue weighted by Gasteiger charge is 2.17. The van der Waals surface area contributed by atoms with Crippen LogP contribution in [0, 0.1) is 10.1 Å². The van der Waals surface area contributed by atoms with E-state index in [1.807, 2.05) is 18.2 Å². The molecule has 0 bridgehead atoms. The van der Waals surface area contributed by atoms with E-state index >= 15 is 0 Å². The Balaban J connectivity index is 1.53. The third-order valence-electron chi connectivity index (χ3n) is 4.48. The molecule has 2 aromatic carbocycles. The van der Waals surface area contributed by atoms with Crippen LogP contribution in [0.25, 0.3) is 6.08 Å². The quantitative estimate of drug-likeness (QED) is 0.615. The number of hydrogen-bond donors (Lipinski definition) is 0. The molecule has 0 aromatic heterocycles. The van der Waals surface area contributed by atoms with Gasteiger partial charge in [0.1, 0.15) is 0 Å². The Morgan fingerprint density at radius 1 is 1.04 bits per heavy atom. The molecule has 2 aromatic rings. The van der Waals surface area contributed by atoms with E-state index in [-0.39, 0.29) is 10.6 Å². The van der Waals surface area contributed by atoms with E-state index in [0.29, 0.717) is 0 Å². The van der Waals surface area contributed by atoms with Crippen molar-refractivity contribution in [2.45, 2.75) is 6.92 Å². The van der Waals surface area contributed by atoms with E-state index < -0.39 is 0 Å². The summed E-state index contributed by atoms with van der Waals surface area (Å²) in [7, 11) is 0. The molecular formula is C20H23N3O2. The minimum Gasteiger partial charge on any atom is -0.369 e. The van der Waals surface area contributed by atoms with Crippen LogP contribution in [-0.2, 0) is 0 Å². The molecule has 3 rings (SSSR count). The second-order valence-corrected chi connectivity index (χ2v) is 6.44. The number of rotatable bonds is 5. The number of benzene rings is 2. The fraction of sp³-hybridized carbons (Fsp3) is 0.300. The fourth-order valence-electron chi connectivity index (χ4n) is 3.18. The van der Waals surface area contributed by atoms with Gasteiger partial charge in [0.2, 0.25) is 0 Å². The van der Waals surface area contributed by atoms with Gasteiger partial charge in [0.25, 0.3) is 5.69 Å². The molecule has 130 valence electrons. The zero-order valence-electron chi connectivity index (χ0n) is 14.5. The van der Waals surface area contributed by atoms with Crippen LogP contribution in [0.2, 0.25) is 0 Å². The molecule has 0 radical (unpaired) electrons. The predicted molar refractivity (Wildman–Crippen MR) is 102 cm³/mol. The molecule has 0 saturated carbocycles. The molecule has 0 N–H and O–H groups in total. The van der Waals surface area contributed by atoms with Crippen LogP contribution >= 0.6 is 0 Å². The Hall–Kier alpha value is -2.66. The van der Waals surface area contributed by atoms with Crippen molar-refractivity contribution in [3.63, 3.8) is 0 Å². The van der Waals surface area contributed by atoms with Gasteiger partial charge in [0.05, 0.1) is 4.92 Å². The Kier molecular flexibility index (Phi) is 5.46. The summed E-state index contributed by atoms with van der Waals surface area (Å²) in [5, 5.41) is 10.7. The monoisotopic (exact) mass is 337 g/mol. The number of anilines is 1. The first-order chi connectivity index (χ1) is 12.1. The fourth-order valence-corrected chi connectivity index (χ4v) is 3.18. The summed E-state index contributed by atoms with van der Waals surface area (Å²) in [5.41, 5.74) is 3.80. The summed E-state index contributed by atoms with van der Waals surface area (Å²) in [6.07, 6.45) is 2.24. The molecule has 0 aliphatic carbocycles. The zero-order chi connectivity index (χ0) is 17.6. The van der Waals surface area contributed by atoms with Crippen molar-refractivity contribution in [3.8, 4) is 0 Å². The third kappa shape index (κ3) is 4.67. The van der Waals surface area contributed by atoms with Crippen LogP contribution in [0.3, 0.4) is 0 Å². The molecule has 1 saturated heterocycles.